The van der Waals surface area contributed by atoms with Gasteiger partial charge in [0.05, 0.1) is 0 Å². The average molecular weight is 154 g/mol. The van der Waals surface area contributed by atoms with Gasteiger partial charge < -0.3 is 10.6 Å². The molecule has 0 radical (unpaired) electrons. The van der Waals surface area contributed by atoms with Crippen LogP contribution in [0.5, 0.6) is 0 Å². The predicted molar refractivity (Wildman–Crippen MR) is 46.4 cm³/mol. The van der Waals surface area contributed by atoms with Gasteiger partial charge in [0.15, 0.2) is 0 Å². The Bertz CT molecular complexity index is 148. The minimum Gasteiger partial charge on any atom is -0.324 e. The highest BCUT2D eigenvalue weighted by Crippen LogP contribution is 2.34. The summed E-state index contributed by atoms with van der Waals surface area (Å²) in [6, 6.07) is 0.857. The lowest BCUT2D eigenvalue weighted by Gasteiger charge is -2.36. The fourth-order valence-electron chi connectivity index (χ4n) is 1.77. The van der Waals surface area contributed by atoms with Crippen LogP contribution in [-0.4, -0.2) is 30.1 Å². The Morgan fingerprint density at radius 3 is 2.45 bits per heavy atom. The minimum atomic E-state index is 0.213. The van der Waals surface area contributed by atoms with E-state index in [1.165, 1.54) is 32.1 Å². The number of nitrogens with zero attached hydrogens (tertiary/aromatic N) is 1. The molecule has 0 unspecified atom stereocenters. The summed E-state index contributed by atoms with van der Waals surface area (Å²) in [6.07, 6.45) is 6.69. The van der Waals surface area contributed by atoms with Gasteiger partial charge in [0, 0.05) is 18.1 Å². The summed E-state index contributed by atoms with van der Waals surface area (Å²) in [5.74, 6) is 0. The van der Waals surface area contributed by atoms with Crippen LogP contribution in [0.25, 0.3) is 0 Å². The summed E-state index contributed by atoms with van der Waals surface area (Å²) in [6.45, 7) is 1.12. The first-order valence-electron chi connectivity index (χ1n) is 4.69. The van der Waals surface area contributed by atoms with Crippen LogP contribution in [0.1, 0.15) is 32.1 Å². The van der Waals surface area contributed by atoms with E-state index < -0.39 is 0 Å². The van der Waals surface area contributed by atoms with Crippen molar-refractivity contribution in [3.63, 3.8) is 0 Å². The highest BCUT2D eigenvalue weighted by atomic mass is 15.2. The summed E-state index contributed by atoms with van der Waals surface area (Å²) in [4.78, 5) is 2.45. The molecule has 0 aromatic heterocycles. The fraction of sp³-hybridized carbons (Fsp3) is 1.00. The number of likely N-dealkylation sites (N-methyl/N-ethyl adjacent to an activating group) is 1. The van der Waals surface area contributed by atoms with Crippen LogP contribution < -0.4 is 5.73 Å². The van der Waals surface area contributed by atoms with E-state index in [2.05, 4.69) is 11.9 Å². The number of nitrogens with two attached hydrogens (primary N) is 1. The van der Waals surface area contributed by atoms with Crippen LogP contribution in [0.15, 0.2) is 0 Å². The molecule has 0 aromatic rings. The molecular formula is C9H18N2. The first-order valence-corrected chi connectivity index (χ1v) is 4.69. The first-order chi connectivity index (χ1) is 5.20. The topological polar surface area (TPSA) is 29.3 Å². The zero-order valence-corrected chi connectivity index (χ0v) is 7.34. The van der Waals surface area contributed by atoms with Crippen LogP contribution in [0.2, 0.25) is 0 Å². The maximum Gasteiger partial charge on any atom is 0.0284 e. The Kier molecular flexibility index (Phi) is 1.69. The lowest BCUT2D eigenvalue weighted by Crippen LogP contribution is -2.45. The third-order valence-corrected chi connectivity index (χ3v) is 3.15. The Morgan fingerprint density at radius 1 is 1.45 bits per heavy atom. The van der Waals surface area contributed by atoms with Gasteiger partial charge in [0.2, 0.25) is 0 Å². The molecule has 2 heteroatoms. The van der Waals surface area contributed by atoms with Gasteiger partial charge in [-0.2, -0.15) is 0 Å². The third kappa shape index (κ3) is 1.57. The van der Waals surface area contributed by atoms with Crippen molar-refractivity contribution >= 4 is 0 Å². The second kappa shape index (κ2) is 2.46. The van der Waals surface area contributed by atoms with Crippen molar-refractivity contribution in [1.29, 1.82) is 0 Å². The van der Waals surface area contributed by atoms with E-state index in [4.69, 9.17) is 5.73 Å². The van der Waals surface area contributed by atoms with Crippen LogP contribution in [-0.2, 0) is 0 Å². The first kappa shape index (κ1) is 7.56. The number of hydrogen-bond donors (Lipinski definition) is 1. The Morgan fingerprint density at radius 2 is 2.09 bits per heavy atom. The van der Waals surface area contributed by atoms with Crippen LogP contribution in [0.3, 0.4) is 0 Å². The molecule has 0 aromatic carbocycles. The van der Waals surface area contributed by atoms with Gasteiger partial charge in [-0.25, -0.2) is 0 Å². The molecule has 0 amide bonds. The van der Waals surface area contributed by atoms with Crippen LogP contribution in [0.4, 0.5) is 0 Å². The van der Waals surface area contributed by atoms with E-state index in [0.29, 0.717) is 0 Å². The maximum atomic E-state index is 6.02. The van der Waals surface area contributed by atoms with Crippen molar-refractivity contribution in [2.45, 2.75) is 43.7 Å². The maximum absolute atomic E-state index is 6.02. The smallest absolute Gasteiger partial charge is 0.0284 e. The van der Waals surface area contributed by atoms with E-state index in [1.807, 2.05) is 0 Å². The second-order valence-corrected chi connectivity index (χ2v) is 4.36. The van der Waals surface area contributed by atoms with E-state index >= 15 is 0 Å². The summed E-state index contributed by atoms with van der Waals surface area (Å²) >= 11 is 0. The molecule has 0 bridgehead atoms. The van der Waals surface area contributed by atoms with Gasteiger partial charge in [-0.05, 0) is 32.7 Å². The molecule has 2 N–H and O–H groups in total. The van der Waals surface area contributed by atoms with Gasteiger partial charge >= 0.3 is 0 Å². The van der Waals surface area contributed by atoms with Crippen molar-refractivity contribution in [2.24, 2.45) is 5.73 Å². The van der Waals surface area contributed by atoms with Gasteiger partial charge in [-0.1, -0.05) is 6.42 Å². The molecule has 2 saturated carbocycles. The van der Waals surface area contributed by atoms with E-state index in [9.17, 15) is 0 Å². The van der Waals surface area contributed by atoms with E-state index in [0.717, 1.165) is 12.6 Å². The molecule has 0 atom stereocenters. The van der Waals surface area contributed by atoms with Crippen molar-refractivity contribution in [1.82, 2.24) is 4.90 Å². The molecule has 2 rings (SSSR count). The zero-order valence-electron chi connectivity index (χ0n) is 7.34. The number of rotatable bonds is 3. The Hall–Kier alpha value is -0.0800. The van der Waals surface area contributed by atoms with E-state index in [-0.39, 0.29) is 5.54 Å². The fourth-order valence-corrected chi connectivity index (χ4v) is 1.77. The summed E-state index contributed by atoms with van der Waals surface area (Å²) < 4.78 is 0. The molecule has 0 aliphatic heterocycles. The molecule has 0 heterocycles. The van der Waals surface area contributed by atoms with Gasteiger partial charge in [0.25, 0.3) is 0 Å². The predicted octanol–water partition coefficient (Wildman–Crippen LogP) is 0.962. The van der Waals surface area contributed by atoms with Crippen molar-refractivity contribution in [2.75, 3.05) is 13.6 Å². The van der Waals surface area contributed by atoms with Gasteiger partial charge in [-0.3, -0.25) is 0 Å². The summed E-state index contributed by atoms with van der Waals surface area (Å²) in [5.41, 5.74) is 6.24. The van der Waals surface area contributed by atoms with Crippen molar-refractivity contribution in [3.05, 3.63) is 0 Å². The summed E-state index contributed by atoms with van der Waals surface area (Å²) in [5, 5.41) is 0. The lowest BCUT2D eigenvalue weighted by atomic mass is 9.91. The SMILES string of the molecule is CN(CC1(N)CC1)C1CCC1. The lowest BCUT2D eigenvalue weighted by molar-refractivity contribution is 0.148. The van der Waals surface area contributed by atoms with Gasteiger partial charge in [-0.15, -0.1) is 0 Å². The highest BCUT2D eigenvalue weighted by Gasteiger charge is 2.40. The van der Waals surface area contributed by atoms with Crippen molar-refractivity contribution in [3.8, 4) is 0 Å². The second-order valence-electron chi connectivity index (χ2n) is 4.36. The largest absolute Gasteiger partial charge is 0.324 e. The molecule has 11 heavy (non-hydrogen) atoms. The van der Waals surface area contributed by atoms with Crippen LogP contribution >= 0.6 is 0 Å². The zero-order chi connectivity index (χ0) is 7.90. The molecule has 0 saturated heterocycles. The summed E-state index contributed by atoms with van der Waals surface area (Å²) in [7, 11) is 2.22. The van der Waals surface area contributed by atoms with Crippen LogP contribution in [0, 0.1) is 0 Å². The average Bonchev–Trinajstić information content (AvgIpc) is 2.41. The molecule has 2 nitrogen and oxygen atoms in total. The standard InChI is InChI=1S/C9H18N2/c1-11(8-3-2-4-8)7-9(10)5-6-9/h8H,2-7,10H2,1H3. The molecule has 64 valence electrons. The highest BCUT2D eigenvalue weighted by molar-refractivity contribution is 5.01. The Balaban J connectivity index is 1.76. The van der Waals surface area contributed by atoms with Crippen molar-refractivity contribution < 1.29 is 0 Å². The van der Waals surface area contributed by atoms with Gasteiger partial charge in [0.1, 0.15) is 0 Å². The molecular weight excluding hydrogens is 136 g/mol. The minimum absolute atomic E-state index is 0.213. The number of hydrogen-bond acceptors (Lipinski definition) is 2. The molecule has 0 spiro atoms. The quantitative estimate of drug-likeness (QED) is 0.656. The molecule has 2 aliphatic rings. The van der Waals surface area contributed by atoms with E-state index in [1.54, 1.807) is 0 Å². The Labute approximate surface area is 68.7 Å². The monoisotopic (exact) mass is 154 g/mol. The molecule has 2 fully saturated rings. The third-order valence-electron chi connectivity index (χ3n) is 3.15. The normalized spacial score (nSPS) is 28.6. The molecule has 2 aliphatic carbocycles.